The van der Waals surface area contributed by atoms with Crippen LogP contribution in [0.25, 0.3) is 33.3 Å². The number of hydrogen-bond acceptors (Lipinski definition) is 6. The molecule has 0 saturated carbocycles. The lowest BCUT2D eigenvalue weighted by Crippen LogP contribution is -2.08. The molecular formula is C18H13N3O3. The van der Waals surface area contributed by atoms with Crippen molar-refractivity contribution in [2.24, 2.45) is 0 Å². The fourth-order valence-electron chi connectivity index (χ4n) is 2.65. The minimum Gasteiger partial charge on any atom is -0.497 e. The first kappa shape index (κ1) is 14.2. The van der Waals surface area contributed by atoms with Gasteiger partial charge in [0.15, 0.2) is 5.82 Å². The van der Waals surface area contributed by atoms with Crippen molar-refractivity contribution in [2.45, 2.75) is 0 Å². The van der Waals surface area contributed by atoms with Crippen molar-refractivity contribution in [2.75, 3.05) is 12.8 Å². The Morgan fingerprint density at radius 1 is 1.04 bits per heavy atom. The fourth-order valence-corrected chi connectivity index (χ4v) is 2.65. The number of hydrogen-bond donors (Lipinski definition) is 1. The number of anilines is 1. The van der Waals surface area contributed by atoms with E-state index in [0.29, 0.717) is 16.9 Å². The Hall–Kier alpha value is -3.41. The molecule has 6 nitrogen and oxygen atoms in total. The van der Waals surface area contributed by atoms with E-state index in [1.54, 1.807) is 19.2 Å². The van der Waals surface area contributed by atoms with Crippen molar-refractivity contribution >= 4 is 27.7 Å². The molecule has 0 fully saturated rings. The monoisotopic (exact) mass is 319 g/mol. The van der Waals surface area contributed by atoms with Gasteiger partial charge in [0, 0.05) is 10.9 Å². The molecule has 24 heavy (non-hydrogen) atoms. The standard InChI is InChI=1S/C18H13N3O3/c1-23-11-8-6-10(7-9-11)17-20-15-12-4-2-3-5-13(12)24-18(22)14(15)16(19)21-17/h2-9H,1H3,(H2,19,20,21). The smallest absolute Gasteiger partial charge is 0.349 e. The summed E-state index contributed by atoms with van der Waals surface area (Å²) in [4.78, 5) is 21.0. The lowest BCUT2D eigenvalue weighted by Gasteiger charge is -2.07. The summed E-state index contributed by atoms with van der Waals surface area (Å²) in [6.07, 6.45) is 0. The number of fused-ring (bicyclic) bond motifs is 3. The summed E-state index contributed by atoms with van der Waals surface area (Å²) in [6.45, 7) is 0. The van der Waals surface area contributed by atoms with E-state index in [1.165, 1.54) is 0 Å². The molecule has 118 valence electrons. The minimum absolute atomic E-state index is 0.102. The second-order valence-corrected chi connectivity index (χ2v) is 5.27. The van der Waals surface area contributed by atoms with E-state index in [0.717, 1.165) is 16.7 Å². The van der Waals surface area contributed by atoms with Crippen LogP contribution >= 0.6 is 0 Å². The van der Waals surface area contributed by atoms with Crippen LogP contribution in [0.3, 0.4) is 0 Å². The van der Waals surface area contributed by atoms with Crippen molar-refractivity contribution in [3.63, 3.8) is 0 Å². The highest BCUT2D eigenvalue weighted by Crippen LogP contribution is 2.27. The van der Waals surface area contributed by atoms with E-state index in [-0.39, 0.29) is 11.2 Å². The molecule has 2 heterocycles. The third-order valence-corrected chi connectivity index (χ3v) is 3.83. The van der Waals surface area contributed by atoms with Crippen LogP contribution in [-0.2, 0) is 0 Å². The first-order chi connectivity index (χ1) is 11.7. The van der Waals surface area contributed by atoms with Gasteiger partial charge in [-0.15, -0.1) is 0 Å². The maximum Gasteiger partial charge on any atom is 0.349 e. The van der Waals surface area contributed by atoms with Crippen molar-refractivity contribution < 1.29 is 9.15 Å². The van der Waals surface area contributed by atoms with Gasteiger partial charge in [-0.25, -0.2) is 14.8 Å². The highest BCUT2D eigenvalue weighted by Gasteiger charge is 2.15. The summed E-state index contributed by atoms with van der Waals surface area (Å²) in [5.41, 5.74) is 7.20. The summed E-state index contributed by atoms with van der Waals surface area (Å²) in [5.74, 6) is 1.28. The van der Waals surface area contributed by atoms with Gasteiger partial charge in [-0.2, -0.15) is 0 Å². The lowest BCUT2D eigenvalue weighted by molar-refractivity contribution is 0.415. The fraction of sp³-hybridized carbons (Fsp3) is 0.0556. The number of nitrogen functional groups attached to an aromatic ring is 1. The molecule has 6 heteroatoms. The van der Waals surface area contributed by atoms with Crippen LogP contribution in [0.2, 0.25) is 0 Å². The van der Waals surface area contributed by atoms with E-state index < -0.39 is 5.63 Å². The topological polar surface area (TPSA) is 91.2 Å². The first-order valence-corrected chi connectivity index (χ1v) is 7.31. The minimum atomic E-state index is -0.539. The molecule has 0 unspecified atom stereocenters. The van der Waals surface area contributed by atoms with E-state index in [2.05, 4.69) is 9.97 Å². The molecule has 2 N–H and O–H groups in total. The molecule has 0 aliphatic heterocycles. The van der Waals surface area contributed by atoms with Gasteiger partial charge in [-0.05, 0) is 36.4 Å². The molecule has 0 atom stereocenters. The number of nitrogens with two attached hydrogens (primary N) is 1. The molecule has 0 saturated heterocycles. The maximum absolute atomic E-state index is 12.2. The average molecular weight is 319 g/mol. The Morgan fingerprint density at radius 3 is 2.54 bits per heavy atom. The van der Waals surface area contributed by atoms with E-state index in [4.69, 9.17) is 14.9 Å². The molecule has 0 radical (unpaired) electrons. The summed E-state index contributed by atoms with van der Waals surface area (Å²) >= 11 is 0. The zero-order chi connectivity index (χ0) is 16.7. The maximum atomic E-state index is 12.2. The molecule has 0 amide bonds. The zero-order valence-corrected chi connectivity index (χ0v) is 12.8. The van der Waals surface area contributed by atoms with Gasteiger partial charge < -0.3 is 14.9 Å². The Labute approximate surface area is 136 Å². The van der Waals surface area contributed by atoms with Gasteiger partial charge >= 0.3 is 5.63 Å². The van der Waals surface area contributed by atoms with Gasteiger partial charge in [0.05, 0.1) is 12.6 Å². The van der Waals surface area contributed by atoms with E-state index >= 15 is 0 Å². The van der Waals surface area contributed by atoms with Crippen LogP contribution < -0.4 is 16.1 Å². The summed E-state index contributed by atoms with van der Waals surface area (Å²) in [7, 11) is 1.60. The highest BCUT2D eigenvalue weighted by molar-refractivity contribution is 6.05. The second kappa shape index (κ2) is 5.34. The Bertz CT molecular complexity index is 1120. The third-order valence-electron chi connectivity index (χ3n) is 3.83. The SMILES string of the molecule is COc1ccc(-c2nc(N)c3c(=O)oc4ccccc4c3n2)cc1. The van der Waals surface area contributed by atoms with Gasteiger partial charge in [0.2, 0.25) is 0 Å². The predicted octanol–water partition coefficient (Wildman–Crippen LogP) is 2.99. The molecule has 0 spiro atoms. The van der Waals surface area contributed by atoms with Gasteiger partial charge in [0.1, 0.15) is 22.5 Å². The third kappa shape index (κ3) is 2.16. The predicted molar refractivity (Wildman–Crippen MR) is 92.0 cm³/mol. The van der Waals surface area contributed by atoms with Crippen molar-refractivity contribution in [3.8, 4) is 17.1 Å². The molecule has 0 aliphatic carbocycles. The first-order valence-electron chi connectivity index (χ1n) is 7.31. The average Bonchev–Trinajstić information content (AvgIpc) is 2.61. The van der Waals surface area contributed by atoms with Crippen LogP contribution in [0.1, 0.15) is 0 Å². The number of nitrogens with zero attached hydrogens (tertiary/aromatic N) is 2. The Kier molecular flexibility index (Phi) is 3.16. The molecule has 4 rings (SSSR count). The summed E-state index contributed by atoms with van der Waals surface area (Å²) < 4.78 is 10.5. The van der Waals surface area contributed by atoms with Crippen LogP contribution in [0, 0.1) is 0 Å². The highest BCUT2D eigenvalue weighted by atomic mass is 16.5. The van der Waals surface area contributed by atoms with Crippen LogP contribution in [0.15, 0.2) is 57.7 Å². The largest absolute Gasteiger partial charge is 0.497 e. The van der Waals surface area contributed by atoms with Gasteiger partial charge in [-0.3, -0.25) is 0 Å². The summed E-state index contributed by atoms with van der Waals surface area (Å²) in [6, 6.07) is 14.5. The molecule has 2 aromatic heterocycles. The second-order valence-electron chi connectivity index (χ2n) is 5.27. The Balaban J connectivity index is 2.05. The van der Waals surface area contributed by atoms with E-state index in [1.807, 2.05) is 36.4 Å². The number of aromatic nitrogens is 2. The van der Waals surface area contributed by atoms with Crippen molar-refractivity contribution in [1.82, 2.24) is 9.97 Å². The molecular weight excluding hydrogens is 306 g/mol. The summed E-state index contributed by atoms with van der Waals surface area (Å²) in [5, 5.41) is 0.918. The van der Waals surface area contributed by atoms with Crippen LogP contribution in [0.5, 0.6) is 5.75 Å². The van der Waals surface area contributed by atoms with Gasteiger partial charge in [0.25, 0.3) is 0 Å². The van der Waals surface area contributed by atoms with Crippen LogP contribution in [0.4, 0.5) is 5.82 Å². The normalized spacial score (nSPS) is 11.0. The number of benzene rings is 2. The number of para-hydroxylation sites is 1. The van der Waals surface area contributed by atoms with Crippen molar-refractivity contribution in [3.05, 3.63) is 59.0 Å². The molecule has 0 aliphatic rings. The zero-order valence-electron chi connectivity index (χ0n) is 12.8. The molecule has 2 aromatic carbocycles. The van der Waals surface area contributed by atoms with Crippen molar-refractivity contribution in [1.29, 1.82) is 0 Å². The number of methoxy groups -OCH3 is 1. The van der Waals surface area contributed by atoms with Gasteiger partial charge in [-0.1, -0.05) is 12.1 Å². The molecule has 4 aromatic rings. The van der Waals surface area contributed by atoms with E-state index in [9.17, 15) is 4.79 Å². The quantitative estimate of drug-likeness (QED) is 0.451. The number of rotatable bonds is 2. The van der Waals surface area contributed by atoms with Crippen LogP contribution in [-0.4, -0.2) is 17.1 Å². The lowest BCUT2D eigenvalue weighted by atomic mass is 10.1. The molecule has 0 bridgehead atoms. The Morgan fingerprint density at radius 2 is 1.79 bits per heavy atom. The number of ether oxygens (including phenoxy) is 1.